The lowest BCUT2D eigenvalue weighted by molar-refractivity contribution is -0.137. The summed E-state index contributed by atoms with van der Waals surface area (Å²) < 4.78 is 64.1. The molecule has 0 radical (unpaired) electrons. The van der Waals surface area contributed by atoms with E-state index in [0.29, 0.717) is 13.0 Å². The smallest absolute Gasteiger partial charge is 0.354 e. The molecule has 1 amide bonds. The summed E-state index contributed by atoms with van der Waals surface area (Å²) in [4.78, 5) is 12.5. The molecule has 1 atom stereocenters. The first-order chi connectivity index (χ1) is 13.0. The van der Waals surface area contributed by atoms with Crippen LogP contribution in [0.25, 0.3) is 0 Å². The van der Waals surface area contributed by atoms with Gasteiger partial charge in [0.25, 0.3) is 0 Å². The number of amides is 1. The summed E-state index contributed by atoms with van der Waals surface area (Å²) in [5, 5.41) is 2.69. The molecular weight excluding hydrogens is 393 g/mol. The van der Waals surface area contributed by atoms with Crippen LogP contribution in [0.3, 0.4) is 0 Å². The molecule has 9 heteroatoms. The fourth-order valence-electron chi connectivity index (χ4n) is 3.25. The van der Waals surface area contributed by atoms with Crippen molar-refractivity contribution in [1.29, 1.82) is 0 Å². The third-order valence-electron chi connectivity index (χ3n) is 4.65. The Morgan fingerprint density at radius 3 is 2.57 bits per heavy atom. The molecule has 1 aliphatic rings. The Kier molecular flexibility index (Phi) is 7.14. The molecule has 1 N–H and O–H groups in total. The number of carbonyl (C=O) groups excluding carboxylic acids is 1. The highest BCUT2D eigenvalue weighted by atomic mass is 32.2. The molecule has 1 aromatic carbocycles. The normalized spacial score (nSPS) is 16.2. The molecule has 1 aliphatic carbocycles. The Morgan fingerprint density at radius 2 is 2.00 bits per heavy atom. The van der Waals surface area contributed by atoms with Gasteiger partial charge in [-0.1, -0.05) is 17.7 Å². The van der Waals surface area contributed by atoms with E-state index in [1.165, 1.54) is 18.6 Å². The zero-order valence-electron chi connectivity index (χ0n) is 15.9. The maximum absolute atomic E-state index is 13.0. The standard InChI is InChI=1S/C19H25F3N2O3S/c1-14(18(25)23-12-11-15-7-4-3-5-8-15)24(28(2,26)27)17-10-6-9-16(13-17)19(20,21)22/h6-7,9-10,13-14H,3-5,8,11-12H2,1-2H3,(H,23,25)/t14-/m1/s1. The van der Waals surface area contributed by atoms with Crippen LogP contribution in [0.2, 0.25) is 0 Å². The van der Waals surface area contributed by atoms with E-state index in [1.807, 2.05) is 0 Å². The van der Waals surface area contributed by atoms with Gasteiger partial charge < -0.3 is 5.32 Å². The minimum Gasteiger partial charge on any atom is -0.354 e. The van der Waals surface area contributed by atoms with Crippen molar-refractivity contribution in [3.63, 3.8) is 0 Å². The number of hydrogen-bond donors (Lipinski definition) is 1. The van der Waals surface area contributed by atoms with Crippen LogP contribution >= 0.6 is 0 Å². The highest BCUT2D eigenvalue weighted by Gasteiger charge is 2.34. The molecule has 0 fully saturated rings. The van der Waals surface area contributed by atoms with Crippen molar-refractivity contribution in [1.82, 2.24) is 5.32 Å². The van der Waals surface area contributed by atoms with Gasteiger partial charge in [0.2, 0.25) is 15.9 Å². The second kappa shape index (κ2) is 8.98. The van der Waals surface area contributed by atoms with Gasteiger partial charge in [-0.3, -0.25) is 9.10 Å². The monoisotopic (exact) mass is 418 g/mol. The van der Waals surface area contributed by atoms with Crippen molar-refractivity contribution in [2.75, 3.05) is 17.1 Å². The largest absolute Gasteiger partial charge is 0.416 e. The minimum atomic E-state index is -4.61. The first-order valence-electron chi connectivity index (χ1n) is 9.12. The van der Waals surface area contributed by atoms with Gasteiger partial charge >= 0.3 is 6.18 Å². The molecule has 0 saturated heterocycles. The lowest BCUT2D eigenvalue weighted by Crippen LogP contribution is -2.48. The molecule has 0 aromatic heterocycles. The predicted octanol–water partition coefficient (Wildman–Crippen LogP) is 3.87. The van der Waals surface area contributed by atoms with Crippen LogP contribution < -0.4 is 9.62 Å². The first kappa shape index (κ1) is 22.3. The number of nitrogens with one attached hydrogen (secondary N) is 1. The van der Waals surface area contributed by atoms with Crippen LogP contribution in [0, 0.1) is 0 Å². The van der Waals surface area contributed by atoms with Crippen LogP contribution in [0.1, 0.15) is 44.6 Å². The Hall–Kier alpha value is -2.03. The molecule has 0 aliphatic heterocycles. The number of benzene rings is 1. The number of alkyl halides is 3. The molecule has 0 unspecified atom stereocenters. The van der Waals surface area contributed by atoms with E-state index < -0.39 is 33.7 Å². The van der Waals surface area contributed by atoms with Crippen LogP contribution in [-0.4, -0.2) is 33.2 Å². The number of anilines is 1. The van der Waals surface area contributed by atoms with E-state index in [-0.39, 0.29) is 5.69 Å². The Morgan fingerprint density at radius 1 is 1.29 bits per heavy atom. The number of carbonyl (C=O) groups is 1. The highest BCUT2D eigenvalue weighted by Crippen LogP contribution is 2.32. The van der Waals surface area contributed by atoms with Crippen molar-refractivity contribution in [2.45, 2.75) is 51.2 Å². The molecule has 2 rings (SSSR count). The Labute approximate surface area is 163 Å². The van der Waals surface area contributed by atoms with Gasteiger partial charge in [-0.15, -0.1) is 0 Å². The zero-order chi connectivity index (χ0) is 20.9. The Bertz CT molecular complexity index is 835. The van der Waals surface area contributed by atoms with Gasteiger partial charge in [0.1, 0.15) is 6.04 Å². The average Bonchev–Trinajstić information content (AvgIpc) is 2.61. The molecular formula is C19H25F3N2O3S. The maximum atomic E-state index is 13.0. The van der Waals surface area contributed by atoms with Gasteiger partial charge in [0.05, 0.1) is 17.5 Å². The van der Waals surface area contributed by atoms with Crippen molar-refractivity contribution in [2.24, 2.45) is 0 Å². The lowest BCUT2D eigenvalue weighted by Gasteiger charge is -2.28. The molecule has 5 nitrogen and oxygen atoms in total. The Balaban J connectivity index is 2.14. The summed E-state index contributed by atoms with van der Waals surface area (Å²) in [6.45, 7) is 1.71. The third kappa shape index (κ3) is 5.98. The molecule has 0 heterocycles. The number of halogens is 3. The van der Waals surface area contributed by atoms with E-state index in [1.54, 1.807) is 0 Å². The van der Waals surface area contributed by atoms with Crippen molar-refractivity contribution in [3.8, 4) is 0 Å². The molecule has 0 spiro atoms. The molecule has 1 aromatic rings. The van der Waals surface area contributed by atoms with Gasteiger partial charge in [-0.05, 0) is 57.2 Å². The summed E-state index contributed by atoms with van der Waals surface area (Å²) in [5.41, 5.74) is 0.0857. The van der Waals surface area contributed by atoms with Crippen molar-refractivity contribution < 1.29 is 26.4 Å². The molecule has 0 bridgehead atoms. The minimum absolute atomic E-state index is 0.199. The van der Waals surface area contributed by atoms with Crippen molar-refractivity contribution >= 4 is 21.6 Å². The molecule has 28 heavy (non-hydrogen) atoms. The summed E-state index contributed by atoms with van der Waals surface area (Å²) in [6, 6.07) is 2.77. The van der Waals surface area contributed by atoms with E-state index in [2.05, 4.69) is 11.4 Å². The number of allylic oxidation sites excluding steroid dienone is 1. The van der Waals surface area contributed by atoms with Crippen LogP contribution in [0.4, 0.5) is 18.9 Å². The second-order valence-electron chi connectivity index (χ2n) is 6.93. The SMILES string of the molecule is C[C@H](C(=O)NCCC1=CCCCC1)N(c1cccc(C(F)(F)F)c1)S(C)(=O)=O. The average molecular weight is 418 g/mol. The summed E-state index contributed by atoms with van der Waals surface area (Å²) in [5.74, 6) is -0.556. The van der Waals surface area contributed by atoms with Gasteiger partial charge in [0, 0.05) is 6.54 Å². The molecule has 156 valence electrons. The highest BCUT2D eigenvalue weighted by molar-refractivity contribution is 7.92. The van der Waals surface area contributed by atoms with Crippen LogP contribution in [0.15, 0.2) is 35.9 Å². The van der Waals surface area contributed by atoms with Gasteiger partial charge in [-0.2, -0.15) is 13.2 Å². The zero-order valence-corrected chi connectivity index (χ0v) is 16.7. The summed E-state index contributed by atoms with van der Waals surface area (Å²) in [6.07, 6.45) is 3.39. The van der Waals surface area contributed by atoms with E-state index in [4.69, 9.17) is 0 Å². The van der Waals surface area contributed by atoms with Crippen molar-refractivity contribution in [3.05, 3.63) is 41.5 Å². The van der Waals surface area contributed by atoms with E-state index >= 15 is 0 Å². The van der Waals surface area contributed by atoms with Gasteiger partial charge in [-0.25, -0.2) is 8.42 Å². The lowest BCUT2D eigenvalue weighted by atomic mass is 9.97. The number of sulfonamides is 1. The number of hydrogen-bond acceptors (Lipinski definition) is 3. The summed E-state index contributed by atoms with van der Waals surface area (Å²) >= 11 is 0. The molecule has 0 saturated carbocycles. The van der Waals surface area contributed by atoms with E-state index in [9.17, 15) is 26.4 Å². The first-order valence-corrected chi connectivity index (χ1v) is 11.0. The maximum Gasteiger partial charge on any atom is 0.416 e. The van der Waals surface area contributed by atoms with Gasteiger partial charge in [0.15, 0.2) is 0 Å². The number of rotatable bonds is 7. The second-order valence-corrected chi connectivity index (χ2v) is 8.79. The van der Waals surface area contributed by atoms with Crippen LogP contribution in [-0.2, 0) is 21.0 Å². The quantitative estimate of drug-likeness (QED) is 0.684. The van der Waals surface area contributed by atoms with E-state index in [0.717, 1.165) is 54.4 Å². The summed E-state index contributed by atoms with van der Waals surface area (Å²) in [7, 11) is -3.98. The predicted molar refractivity (Wildman–Crippen MR) is 102 cm³/mol. The number of nitrogens with zero attached hydrogens (tertiary/aromatic N) is 1. The third-order valence-corrected chi connectivity index (χ3v) is 5.89. The topological polar surface area (TPSA) is 66.5 Å². The fourth-order valence-corrected chi connectivity index (χ4v) is 4.42. The van der Waals surface area contributed by atoms with Crippen LogP contribution in [0.5, 0.6) is 0 Å². The fraction of sp³-hybridized carbons (Fsp3) is 0.526.